The standard InChI is InChI=1S/C14H17F3N2O/c1-13(8-12(18)19-9-13)6-7-20-11-4-2-10(3-5-11)14(15,16)17/h2-5,8,19H,6-7,9,18H2,1H3. The molecule has 1 aliphatic rings. The van der Waals surface area contributed by atoms with Crippen molar-refractivity contribution in [2.24, 2.45) is 11.1 Å². The van der Waals surface area contributed by atoms with Gasteiger partial charge in [0.05, 0.1) is 18.0 Å². The van der Waals surface area contributed by atoms with Crippen LogP contribution in [-0.2, 0) is 6.18 Å². The van der Waals surface area contributed by atoms with Crippen LogP contribution in [0.3, 0.4) is 0 Å². The topological polar surface area (TPSA) is 47.3 Å². The monoisotopic (exact) mass is 286 g/mol. The fourth-order valence-electron chi connectivity index (χ4n) is 2.08. The van der Waals surface area contributed by atoms with Gasteiger partial charge in [0, 0.05) is 12.0 Å². The molecule has 0 aromatic heterocycles. The van der Waals surface area contributed by atoms with Crippen LogP contribution in [0.4, 0.5) is 13.2 Å². The van der Waals surface area contributed by atoms with Crippen LogP contribution in [0.2, 0.25) is 0 Å². The van der Waals surface area contributed by atoms with Crippen LogP contribution < -0.4 is 15.8 Å². The first-order valence-corrected chi connectivity index (χ1v) is 6.31. The summed E-state index contributed by atoms with van der Waals surface area (Å²) in [5.74, 6) is 1.09. The minimum atomic E-state index is -4.32. The zero-order valence-electron chi connectivity index (χ0n) is 11.1. The van der Waals surface area contributed by atoms with Crippen molar-refractivity contribution in [3.63, 3.8) is 0 Å². The summed E-state index contributed by atoms with van der Waals surface area (Å²) in [7, 11) is 0. The normalized spacial score (nSPS) is 22.3. The van der Waals surface area contributed by atoms with Crippen LogP contribution >= 0.6 is 0 Å². The molecule has 3 N–H and O–H groups in total. The van der Waals surface area contributed by atoms with Crippen LogP contribution in [-0.4, -0.2) is 13.2 Å². The molecular formula is C14H17F3N2O. The van der Waals surface area contributed by atoms with Gasteiger partial charge in [-0.1, -0.05) is 6.92 Å². The van der Waals surface area contributed by atoms with Gasteiger partial charge >= 0.3 is 6.18 Å². The zero-order chi connectivity index (χ0) is 14.8. The Morgan fingerprint density at radius 3 is 2.45 bits per heavy atom. The van der Waals surface area contributed by atoms with Gasteiger partial charge in [0.15, 0.2) is 0 Å². The van der Waals surface area contributed by atoms with Gasteiger partial charge in [0.1, 0.15) is 5.75 Å². The number of halogens is 3. The highest BCUT2D eigenvalue weighted by atomic mass is 19.4. The average molecular weight is 286 g/mol. The molecule has 3 nitrogen and oxygen atoms in total. The smallest absolute Gasteiger partial charge is 0.416 e. The molecule has 0 amide bonds. The number of nitrogens with two attached hydrogens (primary N) is 1. The number of alkyl halides is 3. The Hall–Kier alpha value is -1.85. The summed E-state index contributed by atoms with van der Waals surface area (Å²) in [4.78, 5) is 0. The van der Waals surface area contributed by atoms with Gasteiger partial charge in [0.25, 0.3) is 0 Å². The predicted molar refractivity (Wildman–Crippen MR) is 69.9 cm³/mol. The first-order valence-electron chi connectivity index (χ1n) is 6.31. The second-order valence-electron chi connectivity index (χ2n) is 5.23. The van der Waals surface area contributed by atoms with Crippen LogP contribution in [0.25, 0.3) is 0 Å². The number of nitrogens with one attached hydrogen (secondary N) is 1. The molecule has 0 saturated heterocycles. The number of rotatable bonds is 4. The predicted octanol–water partition coefficient (Wildman–Crippen LogP) is 2.88. The van der Waals surface area contributed by atoms with Gasteiger partial charge in [0.2, 0.25) is 0 Å². The molecule has 6 heteroatoms. The minimum absolute atomic E-state index is 0.0734. The Morgan fingerprint density at radius 2 is 1.95 bits per heavy atom. The van der Waals surface area contributed by atoms with Crippen molar-refractivity contribution in [2.75, 3.05) is 13.2 Å². The SMILES string of the molecule is CC1(CCOc2ccc(C(F)(F)F)cc2)C=C(N)NC1. The molecule has 1 atom stereocenters. The molecule has 0 radical (unpaired) electrons. The highest BCUT2D eigenvalue weighted by molar-refractivity contribution is 5.28. The summed E-state index contributed by atoms with van der Waals surface area (Å²) < 4.78 is 42.7. The molecule has 1 aliphatic heterocycles. The van der Waals surface area contributed by atoms with Crippen LogP contribution in [0.15, 0.2) is 36.2 Å². The first-order chi connectivity index (χ1) is 9.28. The maximum atomic E-state index is 12.4. The Bertz CT molecular complexity index is 496. The number of hydrogen-bond donors (Lipinski definition) is 2. The van der Waals surface area contributed by atoms with Crippen molar-refractivity contribution in [1.82, 2.24) is 5.32 Å². The molecule has 1 heterocycles. The summed E-state index contributed by atoms with van der Waals surface area (Å²) in [6.07, 6.45) is -1.63. The van der Waals surface area contributed by atoms with Crippen molar-refractivity contribution < 1.29 is 17.9 Å². The zero-order valence-corrected chi connectivity index (χ0v) is 11.1. The lowest BCUT2D eigenvalue weighted by Gasteiger charge is -2.20. The second kappa shape index (κ2) is 5.26. The maximum Gasteiger partial charge on any atom is 0.416 e. The van der Waals surface area contributed by atoms with Gasteiger partial charge in [-0.15, -0.1) is 0 Å². The molecule has 110 valence electrons. The molecule has 0 spiro atoms. The third kappa shape index (κ3) is 3.59. The fourth-order valence-corrected chi connectivity index (χ4v) is 2.08. The van der Waals surface area contributed by atoms with Gasteiger partial charge in [-0.05, 0) is 36.8 Å². The van der Waals surface area contributed by atoms with Crippen LogP contribution in [0, 0.1) is 5.41 Å². The van der Waals surface area contributed by atoms with Crippen LogP contribution in [0.1, 0.15) is 18.9 Å². The molecule has 2 rings (SSSR count). The van der Waals surface area contributed by atoms with Crippen molar-refractivity contribution in [2.45, 2.75) is 19.5 Å². The van der Waals surface area contributed by atoms with E-state index in [2.05, 4.69) is 12.2 Å². The molecule has 1 unspecified atom stereocenters. The molecule has 1 aromatic carbocycles. The third-order valence-electron chi connectivity index (χ3n) is 3.32. The largest absolute Gasteiger partial charge is 0.494 e. The highest BCUT2D eigenvalue weighted by Crippen LogP contribution is 2.31. The summed E-state index contributed by atoms with van der Waals surface area (Å²) in [6.45, 7) is 3.22. The summed E-state index contributed by atoms with van der Waals surface area (Å²) in [6, 6.07) is 4.71. The van der Waals surface area contributed by atoms with E-state index in [-0.39, 0.29) is 5.41 Å². The van der Waals surface area contributed by atoms with E-state index < -0.39 is 11.7 Å². The summed E-state index contributed by atoms with van der Waals surface area (Å²) in [5.41, 5.74) is 4.91. The Morgan fingerprint density at radius 1 is 1.30 bits per heavy atom. The Balaban J connectivity index is 1.86. The molecule has 20 heavy (non-hydrogen) atoms. The number of ether oxygens (including phenoxy) is 1. The fraction of sp³-hybridized carbons (Fsp3) is 0.429. The maximum absolute atomic E-state index is 12.4. The van der Waals surface area contributed by atoms with Crippen molar-refractivity contribution in [3.05, 3.63) is 41.7 Å². The van der Waals surface area contributed by atoms with Crippen molar-refractivity contribution in [1.29, 1.82) is 0 Å². The van der Waals surface area contributed by atoms with Gasteiger partial charge in [-0.25, -0.2) is 0 Å². The van der Waals surface area contributed by atoms with E-state index >= 15 is 0 Å². The van der Waals surface area contributed by atoms with E-state index in [4.69, 9.17) is 10.5 Å². The molecule has 0 saturated carbocycles. The quantitative estimate of drug-likeness (QED) is 0.894. The highest BCUT2D eigenvalue weighted by Gasteiger charge is 2.30. The van der Waals surface area contributed by atoms with E-state index in [1.807, 2.05) is 6.08 Å². The molecule has 0 aliphatic carbocycles. The van der Waals surface area contributed by atoms with E-state index in [9.17, 15) is 13.2 Å². The van der Waals surface area contributed by atoms with Crippen LogP contribution in [0.5, 0.6) is 5.75 Å². The average Bonchev–Trinajstić information content (AvgIpc) is 2.69. The Labute approximate surface area is 115 Å². The van der Waals surface area contributed by atoms with Gasteiger partial charge < -0.3 is 15.8 Å². The van der Waals surface area contributed by atoms with E-state index in [1.54, 1.807) is 0 Å². The lowest BCUT2D eigenvalue weighted by Crippen LogP contribution is -2.24. The van der Waals surface area contributed by atoms with Crippen molar-refractivity contribution in [3.8, 4) is 5.75 Å². The molecule has 0 fully saturated rings. The third-order valence-corrected chi connectivity index (χ3v) is 3.32. The number of hydrogen-bond acceptors (Lipinski definition) is 3. The first kappa shape index (κ1) is 14.6. The van der Waals surface area contributed by atoms with Gasteiger partial charge in [-0.3, -0.25) is 0 Å². The minimum Gasteiger partial charge on any atom is -0.494 e. The molecular weight excluding hydrogens is 269 g/mol. The van der Waals surface area contributed by atoms with E-state index in [1.165, 1.54) is 12.1 Å². The lowest BCUT2D eigenvalue weighted by molar-refractivity contribution is -0.137. The summed E-state index contributed by atoms with van der Waals surface area (Å²) >= 11 is 0. The summed E-state index contributed by atoms with van der Waals surface area (Å²) in [5, 5.41) is 3.04. The molecule has 1 aromatic rings. The Kier molecular flexibility index (Phi) is 3.83. The second-order valence-corrected chi connectivity index (χ2v) is 5.23. The lowest BCUT2D eigenvalue weighted by atomic mass is 9.89. The van der Waals surface area contributed by atoms with Gasteiger partial charge in [-0.2, -0.15) is 13.2 Å². The van der Waals surface area contributed by atoms with E-state index in [0.717, 1.165) is 25.1 Å². The van der Waals surface area contributed by atoms with E-state index in [0.29, 0.717) is 18.2 Å². The molecule has 0 bridgehead atoms. The van der Waals surface area contributed by atoms with Crippen molar-refractivity contribution >= 4 is 0 Å². The number of benzene rings is 1.